The van der Waals surface area contributed by atoms with E-state index in [0.717, 1.165) is 23.1 Å². The highest BCUT2D eigenvalue weighted by atomic mass is 16.1. The molecule has 27 heavy (non-hydrogen) atoms. The topological polar surface area (TPSA) is 46.9 Å². The number of hydrogen-bond donors (Lipinski definition) is 1. The van der Waals surface area contributed by atoms with Crippen molar-refractivity contribution in [3.63, 3.8) is 0 Å². The highest BCUT2D eigenvalue weighted by Crippen LogP contribution is 2.27. The molecule has 1 atom stereocenters. The number of carbonyl (C=O) groups is 1. The van der Waals surface area contributed by atoms with Crippen LogP contribution in [0.4, 0.5) is 5.69 Å². The van der Waals surface area contributed by atoms with Gasteiger partial charge >= 0.3 is 0 Å². The van der Waals surface area contributed by atoms with Crippen LogP contribution >= 0.6 is 0 Å². The molecule has 1 unspecified atom stereocenters. The number of fused-ring (bicyclic) bond motifs is 1. The Balaban J connectivity index is 1.64. The van der Waals surface area contributed by atoms with Crippen molar-refractivity contribution < 1.29 is 4.79 Å². The minimum absolute atomic E-state index is 0.132. The van der Waals surface area contributed by atoms with Crippen LogP contribution in [0.5, 0.6) is 0 Å². The number of benzene rings is 3. The fourth-order valence-electron chi connectivity index (χ4n) is 3.41. The Kier molecular flexibility index (Phi) is 4.71. The van der Waals surface area contributed by atoms with Gasteiger partial charge in [0.25, 0.3) is 5.91 Å². The van der Waals surface area contributed by atoms with Crippen molar-refractivity contribution >= 4 is 22.6 Å². The Morgan fingerprint density at radius 1 is 1.00 bits per heavy atom. The van der Waals surface area contributed by atoms with Crippen LogP contribution in [0, 0.1) is 0 Å². The summed E-state index contributed by atoms with van der Waals surface area (Å²) >= 11 is 0. The summed E-state index contributed by atoms with van der Waals surface area (Å²) in [6, 6.07) is 25.8. The number of amides is 1. The maximum absolute atomic E-state index is 12.5. The van der Waals surface area contributed by atoms with Gasteiger partial charge < -0.3 is 9.88 Å². The second-order valence-electron chi connectivity index (χ2n) is 6.51. The fourth-order valence-corrected chi connectivity index (χ4v) is 3.41. The molecular formula is C23H21N3O. The van der Waals surface area contributed by atoms with Gasteiger partial charge in [0.05, 0.1) is 23.4 Å². The van der Waals surface area contributed by atoms with E-state index in [1.807, 2.05) is 60.9 Å². The molecule has 0 radical (unpaired) electrons. The predicted octanol–water partition coefficient (Wildman–Crippen LogP) is 5.29. The van der Waals surface area contributed by atoms with Crippen molar-refractivity contribution in [2.45, 2.75) is 19.4 Å². The van der Waals surface area contributed by atoms with Gasteiger partial charge in [-0.2, -0.15) is 0 Å². The molecule has 0 aliphatic carbocycles. The summed E-state index contributed by atoms with van der Waals surface area (Å²) < 4.78 is 2.18. The molecule has 1 heterocycles. The Hall–Kier alpha value is -3.40. The number of para-hydroxylation sites is 1. The molecule has 0 aliphatic heterocycles. The molecule has 1 N–H and O–H groups in total. The van der Waals surface area contributed by atoms with Gasteiger partial charge in [0.15, 0.2) is 0 Å². The number of nitrogens with zero attached hydrogens (tertiary/aromatic N) is 2. The number of aromatic nitrogens is 2. The molecule has 4 aromatic rings. The summed E-state index contributed by atoms with van der Waals surface area (Å²) in [4.78, 5) is 17.1. The molecule has 4 nitrogen and oxygen atoms in total. The molecule has 3 aromatic carbocycles. The number of hydrogen-bond acceptors (Lipinski definition) is 2. The second kappa shape index (κ2) is 7.46. The molecule has 4 rings (SSSR count). The van der Waals surface area contributed by atoms with E-state index >= 15 is 0 Å². The first-order valence-corrected chi connectivity index (χ1v) is 9.14. The minimum atomic E-state index is -0.132. The van der Waals surface area contributed by atoms with Gasteiger partial charge in [0, 0.05) is 11.3 Å². The number of rotatable bonds is 5. The molecule has 0 saturated heterocycles. The van der Waals surface area contributed by atoms with Gasteiger partial charge in [-0.1, -0.05) is 55.5 Å². The van der Waals surface area contributed by atoms with E-state index in [2.05, 4.69) is 46.1 Å². The third kappa shape index (κ3) is 3.47. The smallest absolute Gasteiger partial charge is 0.255 e. The van der Waals surface area contributed by atoms with Crippen molar-refractivity contribution in [1.82, 2.24) is 9.55 Å². The van der Waals surface area contributed by atoms with E-state index < -0.39 is 0 Å². The first kappa shape index (κ1) is 17.0. The van der Waals surface area contributed by atoms with Crippen molar-refractivity contribution in [1.29, 1.82) is 0 Å². The molecule has 1 amide bonds. The lowest BCUT2D eigenvalue weighted by molar-refractivity contribution is 0.102. The first-order chi connectivity index (χ1) is 13.3. The molecule has 0 saturated carbocycles. The minimum Gasteiger partial charge on any atom is -0.323 e. The third-order valence-corrected chi connectivity index (χ3v) is 4.78. The first-order valence-electron chi connectivity index (χ1n) is 9.14. The van der Waals surface area contributed by atoms with Gasteiger partial charge in [-0.25, -0.2) is 4.98 Å². The number of imidazole rings is 1. The van der Waals surface area contributed by atoms with E-state index in [0.29, 0.717) is 5.56 Å². The zero-order valence-electron chi connectivity index (χ0n) is 15.2. The van der Waals surface area contributed by atoms with Crippen LogP contribution in [0.25, 0.3) is 11.0 Å². The predicted molar refractivity (Wildman–Crippen MR) is 109 cm³/mol. The summed E-state index contributed by atoms with van der Waals surface area (Å²) in [5.41, 5.74) is 4.49. The maximum atomic E-state index is 12.5. The SMILES string of the molecule is CCC(c1ccccc1)n1cnc2cc(C(=O)Nc3ccccc3)ccc21. The van der Waals surface area contributed by atoms with Crippen LogP contribution in [0.2, 0.25) is 0 Å². The highest BCUT2D eigenvalue weighted by molar-refractivity contribution is 6.05. The molecule has 134 valence electrons. The van der Waals surface area contributed by atoms with Crippen molar-refractivity contribution in [3.05, 3.63) is 96.3 Å². The monoisotopic (exact) mass is 355 g/mol. The molecule has 0 bridgehead atoms. The molecule has 4 heteroatoms. The van der Waals surface area contributed by atoms with Crippen LogP contribution in [0.1, 0.15) is 35.3 Å². The van der Waals surface area contributed by atoms with E-state index in [1.54, 1.807) is 0 Å². The number of nitrogens with one attached hydrogen (secondary N) is 1. The summed E-state index contributed by atoms with van der Waals surface area (Å²) in [5, 5.41) is 2.92. The van der Waals surface area contributed by atoms with Gasteiger partial charge in [-0.3, -0.25) is 4.79 Å². The highest BCUT2D eigenvalue weighted by Gasteiger charge is 2.15. The average molecular weight is 355 g/mol. The lowest BCUT2D eigenvalue weighted by Gasteiger charge is -2.18. The lowest BCUT2D eigenvalue weighted by Crippen LogP contribution is -2.12. The van der Waals surface area contributed by atoms with Crippen LogP contribution in [0.15, 0.2) is 85.2 Å². The standard InChI is InChI=1S/C23H21N3O/c1-2-21(17-9-5-3-6-10-17)26-16-24-20-15-18(13-14-22(20)26)23(27)25-19-11-7-4-8-12-19/h3-16,21H,2H2,1H3,(H,25,27). The van der Waals surface area contributed by atoms with E-state index in [4.69, 9.17) is 0 Å². The zero-order valence-corrected chi connectivity index (χ0v) is 15.2. The number of anilines is 1. The largest absolute Gasteiger partial charge is 0.323 e. The summed E-state index contributed by atoms with van der Waals surface area (Å²) in [5.74, 6) is -0.132. The molecular weight excluding hydrogens is 334 g/mol. The van der Waals surface area contributed by atoms with E-state index in [-0.39, 0.29) is 11.9 Å². The zero-order chi connectivity index (χ0) is 18.6. The molecule has 0 fully saturated rings. The van der Waals surface area contributed by atoms with E-state index in [9.17, 15) is 4.79 Å². The van der Waals surface area contributed by atoms with Crippen molar-refractivity contribution in [2.75, 3.05) is 5.32 Å². The Labute approximate surface area is 158 Å². The van der Waals surface area contributed by atoms with Gasteiger partial charge in [0.1, 0.15) is 0 Å². The Bertz CT molecular complexity index is 1050. The molecule has 0 aliphatic rings. The van der Waals surface area contributed by atoms with Crippen LogP contribution in [0.3, 0.4) is 0 Å². The third-order valence-electron chi connectivity index (χ3n) is 4.78. The van der Waals surface area contributed by atoms with Crippen LogP contribution in [-0.4, -0.2) is 15.5 Å². The average Bonchev–Trinajstić information content (AvgIpc) is 3.13. The van der Waals surface area contributed by atoms with E-state index in [1.165, 1.54) is 5.56 Å². The van der Waals surface area contributed by atoms with Gasteiger partial charge in [0.2, 0.25) is 0 Å². The molecule has 1 aromatic heterocycles. The maximum Gasteiger partial charge on any atom is 0.255 e. The quantitative estimate of drug-likeness (QED) is 0.529. The summed E-state index contributed by atoms with van der Waals surface area (Å²) in [7, 11) is 0. The normalized spacial score (nSPS) is 12.0. The van der Waals surface area contributed by atoms with Crippen LogP contribution in [-0.2, 0) is 0 Å². The van der Waals surface area contributed by atoms with Crippen molar-refractivity contribution in [3.8, 4) is 0 Å². The van der Waals surface area contributed by atoms with Gasteiger partial charge in [-0.05, 0) is 42.3 Å². The van der Waals surface area contributed by atoms with Gasteiger partial charge in [-0.15, -0.1) is 0 Å². The Morgan fingerprint density at radius 3 is 2.41 bits per heavy atom. The Morgan fingerprint density at radius 2 is 1.70 bits per heavy atom. The molecule has 0 spiro atoms. The van der Waals surface area contributed by atoms with Crippen molar-refractivity contribution in [2.24, 2.45) is 0 Å². The lowest BCUT2D eigenvalue weighted by atomic mass is 10.0. The second-order valence-corrected chi connectivity index (χ2v) is 6.51. The summed E-state index contributed by atoms with van der Waals surface area (Å²) in [6.45, 7) is 2.17. The number of carbonyl (C=O) groups excluding carboxylic acids is 1. The summed E-state index contributed by atoms with van der Waals surface area (Å²) in [6.07, 6.45) is 2.83. The fraction of sp³-hybridized carbons (Fsp3) is 0.130. The van der Waals surface area contributed by atoms with Crippen LogP contribution < -0.4 is 5.32 Å².